The van der Waals surface area contributed by atoms with Crippen LogP contribution in [0.4, 0.5) is 0 Å². The molecular formula is C19H21NO5. The minimum atomic E-state index is -0.717. The molecule has 1 aliphatic rings. The van der Waals surface area contributed by atoms with Crippen molar-refractivity contribution in [3.63, 3.8) is 0 Å². The number of carbonyl (C=O) groups excluding carboxylic acids is 2. The maximum absolute atomic E-state index is 12.3. The Labute approximate surface area is 145 Å². The highest BCUT2D eigenvalue weighted by atomic mass is 16.5. The molecule has 6 heteroatoms. The second-order valence-electron chi connectivity index (χ2n) is 6.32. The molecule has 0 bridgehead atoms. The van der Waals surface area contributed by atoms with E-state index in [0.29, 0.717) is 18.5 Å². The van der Waals surface area contributed by atoms with Crippen LogP contribution in [-0.2, 0) is 14.3 Å². The first-order chi connectivity index (χ1) is 12.0. The van der Waals surface area contributed by atoms with Gasteiger partial charge in [-0.05, 0) is 25.3 Å². The van der Waals surface area contributed by atoms with E-state index in [2.05, 4.69) is 0 Å². The SMILES string of the molecule is C[C@H]1CN(C(=O)COC(=O)c2ccc3ccccc3c2O)C[C@H](C)O1. The maximum Gasteiger partial charge on any atom is 0.342 e. The zero-order valence-corrected chi connectivity index (χ0v) is 14.3. The van der Waals surface area contributed by atoms with E-state index in [1.54, 1.807) is 23.1 Å². The molecule has 0 unspecified atom stereocenters. The minimum absolute atomic E-state index is 0.0482. The predicted octanol–water partition coefficient (Wildman–Crippen LogP) is 2.34. The summed E-state index contributed by atoms with van der Waals surface area (Å²) in [4.78, 5) is 26.1. The highest BCUT2D eigenvalue weighted by Gasteiger charge is 2.26. The van der Waals surface area contributed by atoms with Gasteiger partial charge in [-0.2, -0.15) is 0 Å². The topological polar surface area (TPSA) is 76.1 Å². The van der Waals surface area contributed by atoms with Gasteiger partial charge in [0.05, 0.1) is 12.2 Å². The second-order valence-corrected chi connectivity index (χ2v) is 6.32. The number of benzene rings is 2. The average Bonchev–Trinajstić information content (AvgIpc) is 2.59. The summed E-state index contributed by atoms with van der Waals surface area (Å²) in [6.07, 6.45) is -0.0964. The Balaban J connectivity index is 1.66. The van der Waals surface area contributed by atoms with Crippen LogP contribution in [0.15, 0.2) is 36.4 Å². The number of rotatable bonds is 3. The molecule has 2 atom stereocenters. The van der Waals surface area contributed by atoms with Gasteiger partial charge in [-0.1, -0.05) is 30.3 Å². The van der Waals surface area contributed by atoms with E-state index < -0.39 is 5.97 Å². The van der Waals surface area contributed by atoms with Crippen molar-refractivity contribution < 1.29 is 24.2 Å². The Kier molecular flexibility index (Phi) is 4.90. The van der Waals surface area contributed by atoms with Gasteiger partial charge in [0.25, 0.3) is 5.91 Å². The van der Waals surface area contributed by atoms with E-state index >= 15 is 0 Å². The molecule has 25 heavy (non-hydrogen) atoms. The maximum atomic E-state index is 12.3. The van der Waals surface area contributed by atoms with E-state index in [-0.39, 0.29) is 36.0 Å². The van der Waals surface area contributed by atoms with Crippen LogP contribution in [0.2, 0.25) is 0 Å². The molecule has 1 saturated heterocycles. The summed E-state index contributed by atoms with van der Waals surface area (Å²) < 4.78 is 10.7. The van der Waals surface area contributed by atoms with Gasteiger partial charge in [-0.15, -0.1) is 0 Å². The fourth-order valence-corrected chi connectivity index (χ4v) is 3.10. The first kappa shape index (κ1) is 17.2. The summed E-state index contributed by atoms with van der Waals surface area (Å²) in [6.45, 7) is 4.39. The lowest BCUT2D eigenvalue weighted by Crippen LogP contribution is -2.49. The molecule has 132 valence electrons. The number of ether oxygens (including phenoxy) is 2. The highest BCUT2D eigenvalue weighted by Crippen LogP contribution is 2.29. The molecule has 3 rings (SSSR count). The summed E-state index contributed by atoms with van der Waals surface area (Å²) in [5.74, 6) is -1.12. The molecule has 1 N–H and O–H groups in total. The molecule has 0 spiro atoms. The quantitative estimate of drug-likeness (QED) is 0.866. The summed E-state index contributed by atoms with van der Waals surface area (Å²) in [6, 6.07) is 10.4. The third kappa shape index (κ3) is 3.74. The van der Waals surface area contributed by atoms with E-state index in [1.165, 1.54) is 6.07 Å². The summed E-state index contributed by atoms with van der Waals surface area (Å²) >= 11 is 0. The third-order valence-electron chi connectivity index (χ3n) is 4.22. The molecule has 1 amide bonds. The number of phenols is 1. The fourth-order valence-electron chi connectivity index (χ4n) is 3.10. The summed E-state index contributed by atoms with van der Waals surface area (Å²) in [7, 11) is 0. The molecule has 2 aromatic carbocycles. The van der Waals surface area contributed by atoms with Gasteiger partial charge in [0, 0.05) is 18.5 Å². The number of hydrogen-bond acceptors (Lipinski definition) is 5. The molecular weight excluding hydrogens is 322 g/mol. The predicted molar refractivity (Wildman–Crippen MR) is 92.5 cm³/mol. The van der Waals surface area contributed by atoms with Gasteiger partial charge in [0.1, 0.15) is 11.3 Å². The molecule has 0 aliphatic carbocycles. The van der Waals surface area contributed by atoms with Crippen molar-refractivity contribution in [2.75, 3.05) is 19.7 Å². The van der Waals surface area contributed by atoms with Gasteiger partial charge >= 0.3 is 5.97 Å². The van der Waals surface area contributed by atoms with Crippen LogP contribution in [0.5, 0.6) is 5.75 Å². The van der Waals surface area contributed by atoms with E-state index in [1.807, 2.05) is 26.0 Å². The molecule has 0 radical (unpaired) electrons. The third-order valence-corrected chi connectivity index (χ3v) is 4.22. The second kappa shape index (κ2) is 7.11. The van der Waals surface area contributed by atoms with Crippen molar-refractivity contribution in [1.82, 2.24) is 4.90 Å². The van der Waals surface area contributed by atoms with Crippen LogP contribution in [-0.4, -0.2) is 53.8 Å². The van der Waals surface area contributed by atoms with Crippen molar-refractivity contribution in [3.05, 3.63) is 42.0 Å². The number of morpholine rings is 1. The van der Waals surface area contributed by atoms with Gasteiger partial charge in [0.15, 0.2) is 6.61 Å². The first-order valence-electron chi connectivity index (χ1n) is 8.26. The molecule has 0 saturated carbocycles. The molecule has 1 fully saturated rings. The molecule has 1 aliphatic heterocycles. The molecule has 2 aromatic rings. The Hall–Kier alpha value is -2.60. The monoisotopic (exact) mass is 343 g/mol. The molecule has 0 aromatic heterocycles. The number of hydrogen-bond donors (Lipinski definition) is 1. The lowest BCUT2D eigenvalue weighted by atomic mass is 10.1. The van der Waals surface area contributed by atoms with Crippen molar-refractivity contribution in [2.45, 2.75) is 26.1 Å². The van der Waals surface area contributed by atoms with E-state index in [4.69, 9.17) is 9.47 Å². The van der Waals surface area contributed by atoms with Gasteiger partial charge in [-0.25, -0.2) is 4.79 Å². The Morgan fingerprint density at radius 2 is 1.84 bits per heavy atom. The molecule has 1 heterocycles. The number of nitrogens with zero attached hydrogens (tertiary/aromatic N) is 1. The van der Waals surface area contributed by atoms with Gasteiger partial charge < -0.3 is 19.5 Å². The van der Waals surface area contributed by atoms with Gasteiger partial charge in [0.2, 0.25) is 0 Å². The largest absolute Gasteiger partial charge is 0.506 e. The highest BCUT2D eigenvalue weighted by molar-refractivity contribution is 6.01. The smallest absolute Gasteiger partial charge is 0.342 e. The van der Waals surface area contributed by atoms with Crippen molar-refractivity contribution in [3.8, 4) is 5.75 Å². The summed E-state index contributed by atoms with van der Waals surface area (Å²) in [5.41, 5.74) is 0.0511. The Morgan fingerprint density at radius 1 is 1.16 bits per heavy atom. The zero-order valence-electron chi connectivity index (χ0n) is 14.3. The lowest BCUT2D eigenvalue weighted by molar-refractivity contribution is -0.146. The van der Waals surface area contributed by atoms with Crippen LogP contribution < -0.4 is 0 Å². The normalized spacial score (nSPS) is 20.5. The van der Waals surface area contributed by atoms with Crippen LogP contribution in [0, 0.1) is 0 Å². The van der Waals surface area contributed by atoms with Crippen molar-refractivity contribution in [1.29, 1.82) is 0 Å². The van der Waals surface area contributed by atoms with E-state index in [0.717, 1.165) is 5.39 Å². The van der Waals surface area contributed by atoms with E-state index in [9.17, 15) is 14.7 Å². The van der Waals surface area contributed by atoms with Crippen molar-refractivity contribution in [2.24, 2.45) is 0 Å². The zero-order chi connectivity index (χ0) is 18.0. The van der Waals surface area contributed by atoms with Crippen LogP contribution >= 0.6 is 0 Å². The number of fused-ring (bicyclic) bond motifs is 1. The lowest BCUT2D eigenvalue weighted by Gasteiger charge is -2.35. The Bertz CT molecular complexity index is 794. The summed E-state index contributed by atoms with van der Waals surface area (Å²) in [5, 5.41) is 11.7. The number of phenolic OH excluding ortho intramolecular Hbond substituents is 1. The van der Waals surface area contributed by atoms with Gasteiger partial charge in [-0.3, -0.25) is 4.79 Å². The average molecular weight is 343 g/mol. The van der Waals surface area contributed by atoms with Crippen LogP contribution in [0.1, 0.15) is 24.2 Å². The van der Waals surface area contributed by atoms with Crippen LogP contribution in [0.3, 0.4) is 0 Å². The minimum Gasteiger partial charge on any atom is -0.506 e. The number of carbonyl (C=O) groups is 2. The van der Waals surface area contributed by atoms with Crippen LogP contribution in [0.25, 0.3) is 10.8 Å². The number of amides is 1. The first-order valence-corrected chi connectivity index (χ1v) is 8.26. The number of aromatic hydroxyl groups is 1. The van der Waals surface area contributed by atoms with Crippen molar-refractivity contribution >= 4 is 22.6 Å². The number of esters is 1. The molecule has 6 nitrogen and oxygen atoms in total. The Morgan fingerprint density at radius 3 is 2.56 bits per heavy atom. The fraction of sp³-hybridized carbons (Fsp3) is 0.368. The standard InChI is InChI=1S/C19H21NO5/c1-12-9-20(10-13(2)25-12)17(21)11-24-19(23)16-8-7-14-5-3-4-6-15(14)18(16)22/h3-8,12-13,22H,9-11H2,1-2H3/t12-,13-/m0/s1.